The van der Waals surface area contributed by atoms with Crippen molar-refractivity contribution in [2.75, 3.05) is 13.2 Å². The molecule has 1 amide bonds. The van der Waals surface area contributed by atoms with Crippen molar-refractivity contribution in [2.24, 2.45) is 0 Å². The monoisotopic (exact) mass is 197 g/mol. The molecule has 0 spiro atoms. The van der Waals surface area contributed by atoms with Gasteiger partial charge in [0.2, 0.25) is 0 Å². The fourth-order valence-corrected chi connectivity index (χ4v) is 1.46. The van der Waals surface area contributed by atoms with Gasteiger partial charge in [-0.1, -0.05) is 12.2 Å². The Bertz CT molecular complexity index is 240. The van der Waals surface area contributed by atoms with Gasteiger partial charge in [0.25, 0.3) is 0 Å². The Kier molecular flexibility index (Phi) is 3.71. The van der Waals surface area contributed by atoms with Crippen molar-refractivity contribution >= 4 is 6.09 Å². The Morgan fingerprint density at radius 3 is 2.93 bits per heavy atom. The van der Waals surface area contributed by atoms with Crippen LogP contribution in [0.3, 0.4) is 0 Å². The van der Waals surface area contributed by atoms with Crippen molar-refractivity contribution < 1.29 is 14.6 Å². The summed E-state index contributed by atoms with van der Waals surface area (Å²) in [5.41, 5.74) is 0. The summed E-state index contributed by atoms with van der Waals surface area (Å²) < 4.78 is 4.84. The van der Waals surface area contributed by atoms with Crippen molar-refractivity contribution in [2.45, 2.75) is 18.6 Å². The van der Waals surface area contributed by atoms with Gasteiger partial charge in [0, 0.05) is 6.54 Å². The third-order valence-corrected chi connectivity index (χ3v) is 2.19. The second-order valence-corrected chi connectivity index (χ2v) is 3.18. The SMILES string of the molecule is C=CC[C@@H](O)[C@@H]1COC(=O)N1CC=C. The third kappa shape index (κ3) is 2.14. The number of hydrogen-bond acceptors (Lipinski definition) is 3. The third-order valence-electron chi connectivity index (χ3n) is 2.19. The summed E-state index contributed by atoms with van der Waals surface area (Å²) >= 11 is 0. The van der Waals surface area contributed by atoms with Crippen LogP contribution in [0.2, 0.25) is 0 Å². The molecule has 1 N–H and O–H groups in total. The summed E-state index contributed by atoms with van der Waals surface area (Å²) in [6, 6.07) is -0.279. The number of carbonyl (C=O) groups is 1. The molecule has 0 saturated carbocycles. The van der Waals surface area contributed by atoms with Gasteiger partial charge in [-0.05, 0) is 6.42 Å². The fraction of sp³-hybridized carbons (Fsp3) is 0.500. The number of hydrogen-bond donors (Lipinski definition) is 1. The van der Waals surface area contributed by atoms with Crippen LogP contribution in [0.4, 0.5) is 4.79 Å². The highest BCUT2D eigenvalue weighted by Gasteiger charge is 2.36. The smallest absolute Gasteiger partial charge is 0.410 e. The van der Waals surface area contributed by atoms with Crippen LogP contribution in [0.25, 0.3) is 0 Å². The summed E-state index contributed by atoms with van der Waals surface area (Å²) in [6.07, 6.45) is 2.69. The van der Waals surface area contributed by atoms with E-state index in [9.17, 15) is 9.90 Å². The predicted molar refractivity (Wildman–Crippen MR) is 52.9 cm³/mol. The number of aliphatic hydroxyl groups is 1. The van der Waals surface area contributed by atoms with Crippen LogP contribution in [0.5, 0.6) is 0 Å². The number of aliphatic hydroxyl groups excluding tert-OH is 1. The predicted octanol–water partition coefficient (Wildman–Crippen LogP) is 0.930. The van der Waals surface area contributed by atoms with E-state index in [1.54, 1.807) is 12.2 Å². The van der Waals surface area contributed by atoms with Crippen LogP contribution in [0, 0.1) is 0 Å². The molecule has 14 heavy (non-hydrogen) atoms. The molecule has 78 valence electrons. The van der Waals surface area contributed by atoms with E-state index >= 15 is 0 Å². The van der Waals surface area contributed by atoms with Crippen molar-refractivity contribution in [1.82, 2.24) is 4.90 Å². The largest absolute Gasteiger partial charge is 0.447 e. The molecule has 1 aliphatic heterocycles. The number of carbonyl (C=O) groups excluding carboxylic acids is 1. The van der Waals surface area contributed by atoms with Crippen molar-refractivity contribution in [3.05, 3.63) is 25.3 Å². The second-order valence-electron chi connectivity index (χ2n) is 3.18. The maximum absolute atomic E-state index is 11.2. The zero-order chi connectivity index (χ0) is 10.6. The van der Waals surface area contributed by atoms with Crippen LogP contribution in [-0.4, -0.2) is 41.4 Å². The van der Waals surface area contributed by atoms with E-state index in [0.29, 0.717) is 13.0 Å². The standard InChI is InChI=1S/C10H15NO3/c1-3-5-9(12)8-7-14-10(13)11(8)6-4-2/h3-4,8-9,12H,1-2,5-7H2/t8-,9+/m0/s1. The summed E-state index contributed by atoms with van der Waals surface area (Å²) in [5, 5.41) is 9.68. The van der Waals surface area contributed by atoms with E-state index in [-0.39, 0.29) is 12.6 Å². The molecular weight excluding hydrogens is 182 g/mol. The van der Waals surface area contributed by atoms with Gasteiger partial charge in [0.1, 0.15) is 6.61 Å². The van der Waals surface area contributed by atoms with E-state index in [4.69, 9.17) is 4.74 Å². The maximum Gasteiger partial charge on any atom is 0.410 e. The molecule has 0 unspecified atom stereocenters. The van der Waals surface area contributed by atoms with Gasteiger partial charge >= 0.3 is 6.09 Å². The van der Waals surface area contributed by atoms with E-state index in [0.717, 1.165) is 0 Å². The van der Waals surface area contributed by atoms with E-state index in [1.807, 2.05) is 0 Å². The molecule has 1 fully saturated rings. The molecule has 1 aliphatic rings. The number of nitrogens with zero attached hydrogens (tertiary/aromatic N) is 1. The fourth-order valence-electron chi connectivity index (χ4n) is 1.46. The van der Waals surface area contributed by atoms with Gasteiger partial charge in [0.15, 0.2) is 0 Å². The Labute approximate surface area is 83.5 Å². The maximum atomic E-state index is 11.2. The van der Waals surface area contributed by atoms with Crippen LogP contribution < -0.4 is 0 Å². The Hall–Kier alpha value is -1.29. The van der Waals surface area contributed by atoms with Crippen LogP contribution in [0.15, 0.2) is 25.3 Å². The minimum atomic E-state index is -0.612. The van der Waals surface area contributed by atoms with Gasteiger partial charge in [-0.2, -0.15) is 0 Å². The summed E-state index contributed by atoms with van der Waals surface area (Å²) in [4.78, 5) is 12.7. The summed E-state index contributed by atoms with van der Waals surface area (Å²) in [5.74, 6) is 0. The second kappa shape index (κ2) is 4.81. The first-order valence-corrected chi connectivity index (χ1v) is 4.54. The highest BCUT2D eigenvalue weighted by atomic mass is 16.6. The van der Waals surface area contributed by atoms with Crippen molar-refractivity contribution in [1.29, 1.82) is 0 Å². The molecule has 0 radical (unpaired) electrons. The Balaban J connectivity index is 2.62. The summed E-state index contributed by atoms with van der Waals surface area (Å²) in [6.45, 7) is 7.72. The summed E-state index contributed by atoms with van der Waals surface area (Å²) in [7, 11) is 0. The van der Waals surface area contributed by atoms with Crippen LogP contribution >= 0.6 is 0 Å². The van der Waals surface area contributed by atoms with Gasteiger partial charge in [-0.25, -0.2) is 4.79 Å². The first-order valence-electron chi connectivity index (χ1n) is 4.54. The first-order chi connectivity index (χ1) is 6.70. The quantitative estimate of drug-likeness (QED) is 0.667. The topological polar surface area (TPSA) is 49.8 Å². The van der Waals surface area contributed by atoms with E-state index < -0.39 is 12.2 Å². The molecule has 0 aromatic rings. The van der Waals surface area contributed by atoms with Gasteiger partial charge in [-0.15, -0.1) is 13.2 Å². The minimum Gasteiger partial charge on any atom is -0.447 e. The average molecular weight is 197 g/mol. The number of rotatable bonds is 5. The highest BCUT2D eigenvalue weighted by Crippen LogP contribution is 2.17. The lowest BCUT2D eigenvalue weighted by Crippen LogP contribution is -2.41. The molecule has 0 aromatic carbocycles. The van der Waals surface area contributed by atoms with Crippen LogP contribution in [-0.2, 0) is 4.74 Å². The van der Waals surface area contributed by atoms with Crippen LogP contribution in [0.1, 0.15) is 6.42 Å². The number of ether oxygens (including phenoxy) is 1. The highest BCUT2D eigenvalue weighted by molar-refractivity contribution is 5.70. The first kappa shape index (κ1) is 10.8. The molecule has 1 rings (SSSR count). The van der Waals surface area contributed by atoms with Crippen molar-refractivity contribution in [3.63, 3.8) is 0 Å². The van der Waals surface area contributed by atoms with Gasteiger partial charge < -0.3 is 9.84 Å². The molecular formula is C10H15NO3. The molecule has 1 saturated heterocycles. The lowest BCUT2D eigenvalue weighted by atomic mass is 10.1. The lowest BCUT2D eigenvalue weighted by molar-refractivity contribution is 0.0927. The molecule has 0 aromatic heterocycles. The number of cyclic esters (lactones) is 1. The van der Waals surface area contributed by atoms with E-state index in [1.165, 1.54) is 4.90 Å². The molecule has 4 nitrogen and oxygen atoms in total. The molecule has 4 heteroatoms. The molecule has 1 heterocycles. The normalized spacial score (nSPS) is 23.1. The minimum absolute atomic E-state index is 0.238. The Morgan fingerprint density at radius 2 is 2.36 bits per heavy atom. The molecule has 2 atom stereocenters. The van der Waals surface area contributed by atoms with Crippen molar-refractivity contribution in [3.8, 4) is 0 Å². The Morgan fingerprint density at radius 1 is 1.64 bits per heavy atom. The van der Waals surface area contributed by atoms with E-state index in [2.05, 4.69) is 13.2 Å². The zero-order valence-electron chi connectivity index (χ0n) is 8.06. The molecule has 0 bridgehead atoms. The average Bonchev–Trinajstić information content (AvgIpc) is 2.50. The van der Waals surface area contributed by atoms with Gasteiger partial charge in [0.05, 0.1) is 12.1 Å². The zero-order valence-corrected chi connectivity index (χ0v) is 8.06. The number of amides is 1. The molecule has 0 aliphatic carbocycles. The van der Waals surface area contributed by atoms with Gasteiger partial charge in [-0.3, -0.25) is 4.90 Å². The lowest BCUT2D eigenvalue weighted by Gasteiger charge is -2.23.